The van der Waals surface area contributed by atoms with Gasteiger partial charge in [0.2, 0.25) is 0 Å². The van der Waals surface area contributed by atoms with Gasteiger partial charge in [0.05, 0.1) is 6.10 Å². The maximum Gasteiger partial charge on any atom is 0.191 e. The molecule has 2 N–H and O–H groups in total. The van der Waals surface area contributed by atoms with Crippen LogP contribution in [-0.4, -0.2) is 25.7 Å². The third-order valence-electron chi connectivity index (χ3n) is 3.03. The van der Waals surface area contributed by atoms with Crippen LogP contribution in [0.3, 0.4) is 0 Å². The third-order valence-corrected chi connectivity index (χ3v) is 3.03. The molecule has 0 spiro atoms. The van der Waals surface area contributed by atoms with Gasteiger partial charge in [-0.2, -0.15) is 0 Å². The van der Waals surface area contributed by atoms with E-state index in [2.05, 4.69) is 34.7 Å². The van der Waals surface area contributed by atoms with Crippen molar-refractivity contribution in [1.82, 2.24) is 10.6 Å². The standard InChI is InChI=1S/C17H29N3O.HI/c1-5-6-7-11-19-17(18-4)20-13-15-9-8-10-16(12-15)21-14(2)3;/h8-10,12,14H,5-7,11,13H2,1-4H3,(H2,18,19,20);1H. The molecule has 0 fully saturated rings. The second-order valence-corrected chi connectivity index (χ2v) is 5.37. The molecule has 4 nitrogen and oxygen atoms in total. The molecule has 0 atom stereocenters. The lowest BCUT2D eigenvalue weighted by Gasteiger charge is -2.13. The van der Waals surface area contributed by atoms with Gasteiger partial charge in [0.15, 0.2) is 5.96 Å². The van der Waals surface area contributed by atoms with E-state index in [1.165, 1.54) is 24.8 Å². The maximum absolute atomic E-state index is 5.71. The summed E-state index contributed by atoms with van der Waals surface area (Å²) in [7, 11) is 1.80. The van der Waals surface area contributed by atoms with Crippen molar-refractivity contribution in [3.05, 3.63) is 29.8 Å². The Bertz CT molecular complexity index is 436. The van der Waals surface area contributed by atoms with E-state index < -0.39 is 0 Å². The van der Waals surface area contributed by atoms with Crippen molar-refractivity contribution in [3.63, 3.8) is 0 Å². The maximum atomic E-state index is 5.71. The molecular weight excluding hydrogens is 389 g/mol. The van der Waals surface area contributed by atoms with Gasteiger partial charge in [-0.05, 0) is 38.0 Å². The van der Waals surface area contributed by atoms with Gasteiger partial charge < -0.3 is 15.4 Å². The molecule has 0 unspecified atom stereocenters. The van der Waals surface area contributed by atoms with E-state index in [4.69, 9.17) is 4.74 Å². The van der Waals surface area contributed by atoms with Crippen LogP contribution < -0.4 is 15.4 Å². The average molecular weight is 419 g/mol. The zero-order valence-corrected chi connectivity index (χ0v) is 16.5. The molecule has 0 radical (unpaired) electrons. The molecule has 0 bridgehead atoms. The molecule has 126 valence electrons. The fourth-order valence-electron chi connectivity index (χ4n) is 1.99. The zero-order chi connectivity index (χ0) is 15.5. The summed E-state index contributed by atoms with van der Waals surface area (Å²) in [6.07, 6.45) is 3.85. The van der Waals surface area contributed by atoms with E-state index >= 15 is 0 Å². The molecular formula is C17H30IN3O. The van der Waals surface area contributed by atoms with E-state index in [1.54, 1.807) is 7.05 Å². The largest absolute Gasteiger partial charge is 0.491 e. The summed E-state index contributed by atoms with van der Waals surface area (Å²) in [4.78, 5) is 4.23. The zero-order valence-electron chi connectivity index (χ0n) is 14.2. The first-order valence-corrected chi connectivity index (χ1v) is 7.85. The monoisotopic (exact) mass is 419 g/mol. The van der Waals surface area contributed by atoms with Crippen LogP contribution in [0.1, 0.15) is 45.6 Å². The van der Waals surface area contributed by atoms with Crippen LogP contribution in [-0.2, 0) is 6.54 Å². The van der Waals surface area contributed by atoms with Gasteiger partial charge in [-0.25, -0.2) is 0 Å². The van der Waals surface area contributed by atoms with Crippen LogP contribution in [0.15, 0.2) is 29.3 Å². The van der Waals surface area contributed by atoms with Crippen molar-refractivity contribution < 1.29 is 4.74 Å². The molecule has 0 aliphatic rings. The first-order chi connectivity index (χ1) is 10.2. The molecule has 22 heavy (non-hydrogen) atoms. The lowest BCUT2D eigenvalue weighted by atomic mass is 10.2. The summed E-state index contributed by atoms with van der Waals surface area (Å²) in [5.74, 6) is 1.76. The van der Waals surface area contributed by atoms with Gasteiger partial charge in [-0.1, -0.05) is 31.9 Å². The number of ether oxygens (including phenoxy) is 1. The molecule has 1 aromatic rings. The number of unbranched alkanes of at least 4 members (excludes halogenated alkanes) is 2. The van der Waals surface area contributed by atoms with Crippen LogP contribution >= 0.6 is 24.0 Å². The predicted octanol–water partition coefficient (Wildman–Crippen LogP) is 3.95. The molecule has 0 aliphatic heterocycles. The predicted molar refractivity (Wildman–Crippen MR) is 105 cm³/mol. The highest BCUT2D eigenvalue weighted by atomic mass is 127. The second kappa shape index (κ2) is 12.6. The van der Waals surface area contributed by atoms with Gasteiger partial charge in [-0.15, -0.1) is 24.0 Å². The molecule has 0 saturated heterocycles. The van der Waals surface area contributed by atoms with E-state index in [1.807, 2.05) is 26.0 Å². The van der Waals surface area contributed by atoms with Crippen molar-refractivity contribution in [1.29, 1.82) is 0 Å². The van der Waals surface area contributed by atoms with Crippen LogP contribution in [0.5, 0.6) is 5.75 Å². The average Bonchev–Trinajstić information content (AvgIpc) is 2.46. The number of hydrogen-bond donors (Lipinski definition) is 2. The van der Waals surface area contributed by atoms with Crippen molar-refractivity contribution in [2.24, 2.45) is 4.99 Å². The number of nitrogens with zero attached hydrogens (tertiary/aromatic N) is 1. The highest BCUT2D eigenvalue weighted by Crippen LogP contribution is 2.14. The number of halogens is 1. The minimum Gasteiger partial charge on any atom is -0.491 e. The minimum atomic E-state index is 0. The molecule has 0 aromatic heterocycles. The molecule has 1 rings (SSSR count). The molecule has 1 aromatic carbocycles. The highest BCUT2D eigenvalue weighted by Gasteiger charge is 2.01. The number of aliphatic imine (C=N–C) groups is 1. The van der Waals surface area contributed by atoms with Gasteiger partial charge in [-0.3, -0.25) is 4.99 Å². The number of hydrogen-bond acceptors (Lipinski definition) is 2. The van der Waals surface area contributed by atoms with Gasteiger partial charge in [0.1, 0.15) is 5.75 Å². The van der Waals surface area contributed by atoms with E-state index in [-0.39, 0.29) is 30.1 Å². The fraction of sp³-hybridized carbons (Fsp3) is 0.588. The number of benzene rings is 1. The van der Waals surface area contributed by atoms with Crippen molar-refractivity contribution in [2.45, 2.75) is 52.7 Å². The second-order valence-electron chi connectivity index (χ2n) is 5.37. The Kier molecular flexibility index (Phi) is 12.0. The number of nitrogens with one attached hydrogen (secondary N) is 2. The van der Waals surface area contributed by atoms with Gasteiger partial charge >= 0.3 is 0 Å². The first-order valence-electron chi connectivity index (χ1n) is 7.85. The topological polar surface area (TPSA) is 45.7 Å². The summed E-state index contributed by atoms with van der Waals surface area (Å²) in [5.41, 5.74) is 1.18. The summed E-state index contributed by atoms with van der Waals surface area (Å²) in [6, 6.07) is 8.16. The summed E-state index contributed by atoms with van der Waals surface area (Å²) in [5, 5.41) is 6.66. The van der Waals surface area contributed by atoms with Crippen LogP contribution in [0.25, 0.3) is 0 Å². The van der Waals surface area contributed by atoms with E-state index in [0.717, 1.165) is 24.8 Å². The summed E-state index contributed by atoms with van der Waals surface area (Å²) in [6.45, 7) is 7.98. The smallest absolute Gasteiger partial charge is 0.191 e. The Balaban J connectivity index is 0.00000441. The van der Waals surface area contributed by atoms with Crippen LogP contribution in [0.4, 0.5) is 0 Å². The normalized spacial score (nSPS) is 11.0. The Morgan fingerprint density at radius 2 is 2.00 bits per heavy atom. The molecule has 0 amide bonds. The lowest BCUT2D eigenvalue weighted by molar-refractivity contribution is 0.242. The number of guanidine groups is 1. The van der Waals surface area contributed by atoms with E-state index in [0.29, 0.717) is 0 Å². The fourth-order valence-corrected chi connectivity index (χ4v) is 1.99. The number of rotatable bonds is 8. The van der Waals surface area contributed by atoms with Crippen molar-refractivity contribution in [3.8, 4) is 5.75 Å². The molecule has 0 saturated carbocycles. The molecule has 5 heteroatoms. The molecule has 0 aliphatic carbocycles. The van der Waals surface area contributed by atoms with Crippen LogP contribution in [0.2, 0.25) is 0 Å². The highest BCUT2D eigenvalue weighted by molar-refractivity contribution is 14.0. The molecule has 0 heterocycles. The Morgan fingerprint density at radius 1 is 1.23 bits per heavy atom. The van der Waals surface area contributed by atoms with Gasteiger partial charge in [0.25, 0.3) is 0 Å². The third kappa shape index (κ3) is 9.12. The minimum absolute atomic E-state index is 0. The summed E-state index contributed by atoms with van der Waals surface area (Å²) < 4.78 is 5.71. The van der Waals surface area contributed by atoms with Crippen molar-refractivity contribution in [2.75, 3.05) is 13.6 Å². The van der Waals surface area contributed by atoms with Gasteiger partial charge in [0, 0.05) is 20.1 Å². The quantitative estimate of drug-likeness (QED) is 0.290. The SMILES string of the molecule is CCCCCNC(=NC)NCc1cccc(OC(C)C)c1.I. The summed E-state index contributed by atoms with van der Waals surface area (Å²) >= 11 is 0. The van der Waals surface area contributed by atoms with E-state index in [9.17, 15) is 0 Å². The van der Waals surface area contributed by atoms with Crippen LogP contribution in [0, 0.1) is 0 Å². The van der Waals surface area contributed by atoms with Crippen molar-refractivity contribution >= 4 is 29.9 Å². The Morgan fingerprint density at radius 3 is 2.64 bits per heavy atom. The Labute approximate surface area is 152 Å². The lowest BCUT2D eigenvalue weighted by Crippen LogP contribution is -2.37. The first kappa shape index (κ1) is 21.0. The Hall–Kier alpha value is -0.980.